The molecule has 6 heteroatoms. The lowest BCUT2D eigenvalue weighted by Crippen LogP contribution is -2.28. The predicted octanol–water partition coefficient (Wildman–Crippen LogP) is 5.28. The molecule has 1 rings (SSSR count). The molecule has 2 N–H and O–H groups in total. The second kappa shape index (κ2) is 15.1. The van der Waals surface area contributed by atoms with Gasteiger partial charge in [0, 0.05) is 12.8 Å². The van der Waals surface area contributed by atoms with Crippen LogP contribution in [-0.2, 0) is 19.5 Å². The lowest BCUT2D eigenvalue weighted by atomic mass is 9.99. The molecule has 0 saturated carbocycles. The molecule has 1 heterocycles. The lowest BCUT2D eigenvalue weighted by Gasteiger charge is -2.17. The highest BCUT2D eigenvalue weighted by Gasteiger charge is 2.34. The summed E-state index contributed by atoms with van der Waals surface area (Å²) in [5, 5.41) is 17.7. The molecule has 0 aromatic heterocycles. The second-order valence-corrected chi connectivity index (χ2v) is 7.12. The van der Waals surface area contributed by atoms with Crippen molar-refractivity contribution in [1.82, 2.24) is 0 Å². The topological polar surface area (TPSA) is 85.2 Å². The fourth-order valence-electron chi connectivity index (χ4n) is 3.18. The van der Waals surface area contributed by atoms with Crippen LogP contribution in [0.1, 0.15) is 90.4 Å². The molecule has 0 spiro atoms. The minimum Gasteiger partial charge on any atom is -0.481 e. The van der Waals surface area contributed by atoms with E-state index in [-0.39, 0.29) is 24.7 Å². The number of hydrogen-bond donors (Lipinski definition) is 2. The van der Waals surface area contributed by atoms with Gasteiger partial charge in [-0.1, -0.05) is 51.2 Å². The minimum absolute atomic E-state index is 0.0495. The summed E-state index contributed by atoms with van der Waals surface area (Å²) in [6.45, 7) is 2.21. The first-order chi connectivity index (χ1) is 12.7. The highest BCUT2D eigenvalue weighted by Crippen LogP contribution is 2.26. The zero-order valence-corrected chi connectivity index (χ0v) is 16.1. The van der Waals surface area contributed by atoms with Gasteiger partial charge < -0.3 is 5.11 Å². The number of rotatable bonds is 16. The highest BCUT2D eigenvalue weighted by atomic mass is 17.2. The number of carboxylic acid groups (broad SMARTS) is 1. The van der Waals surface area contributed by atoms with Crippen LogP contribution in [0, 0.1) is 0 Å². The molecule has 26 heavy (non-hydrogen) atoms. The summed E-state index contributed by atoms with van der Waals surface area (Å²) in [4.78, 5) is 25.8. The Morgan fingerprint density at radius 3 is 2.62 bits per heavy atom. The summed E-state index contributed by atoms with van der Waals surface area (Å²) >= 11 is 0. The van der Waals surface area contributed by atoms with Gasteiger partial charge in [0.2, 0.25) is 0 Å². The molecule has 0 amide bonds. The number of hydrogen-bond acceptors (Lipinski definition) is 5. The van der Waals surface area contributed by atoms with Gasteiger partial charge >= 0.3 is 5.97 Å². The molecule has 0 aliphatic carbocycles. The van der Waals surface area contributed by atoms with Gasteiger partial charge in [-0.3, -0.25) is 10.1 Å². The third kappa shape index (κ3) is 10.9. The molecule has 2 unspecified atom stereocenters. The Balaban J connectivity index is 2.11. The van der Waals surface area contributed by atoms with E-state index < -0.39 is 5.97 Å². The molecule has 0 aromatic rings. The van der Waals surface area contributed by atoms with Crippen LogP contribution in [0.3, 0.4) is 0 Å². The van der Waals surface area contributed by atoms with Gasteiger partial charge in [0.1, 0.15) is 12.2 Å². The Morgan fingerprint density at radius 2 is 1.88 bits per heavy atom. The summed E-state index contributed by atoms with van der Waals surface area (Å²) in [6.07, 6.45) is 15.7. The summed E-state index contributed by atoms with van der Waals surface area (Å²) in [5.41, 5.74) is 0. The molecular formula is C20H36O6. The van der Waals surface area contributed by atoms with Gasteiger partial charge in [0.05, 0.1) is 6.10 Å². The van der Waals surface area contributed by atoms with Crippen molar-refractivity contribution in [3.8, 4) is 0 Å². The smallest absolute Gasteiger partial charge is 0.303 e. The van der Waals surface area contributed by atoms with E-state index in [1.807, 2.05) is 0 Å². The first kappa shape index (κ1) is 23.1. The molecule has 1 fully saturated rings. The Hall–Kier alpha value is -0.950. The predicted molar refractivity (Wildman–Crippen MR) is 99.7 cm³/mol. The van der Waals surface area contributed by atoms with Crippen molar-refractivity contribution in [2.75, 3.05) is 0 Å². The van der Waals surface area contributed by atoms with E-state index in [4.69, 9.17) is 20.1 Å². The molecule has 0 radical (unpaired) electrons. The highest BCUT2D eigenvalue weighted by molar-refractivity contribution is 5.66. The van der Waals surface area contributed by atoms with Crippen molar-refractivity contribution >= 4 is 5.97 Å². The van der Waals surface area contributed by atoms with Crippen molar-refractivity contribution in [1.29, 1.82) is 0 Å². The van der Waals surface area contributed by atoms with Crippen LogP contribution in [0.5, 0.6) is 0 Å². The Morgan fingerprint density at radius 1 is 1.12 bits per heavy atom. The maximum atomic E-state index is 10.5. The monoisotopic (exact) mass is 372 g/mol. The number of aliphatic carboxylic acids is 1. The Labute approximate surface area is 157 Å². The van der Waals surface area contributed by atoms with E-state index in [1.54, 1.807) is 0 Å². The van der Waals surface area contributed by atoms with Gasteiger partial charge in [-0.05, 0) is 38.5 Å². The molecule has 0 aromatic carbocycles. The first-order valence-electron chi connectivity index (χ1n) is 10.2. The second-order valence-electron chi connectivity index (χ2n) is 7.12. The molecule has 152 valence electrons. The van der Waals surface area contributed by atoms with Crippen molar-refractivity contribution in [3.05, 3.63) is 12.2 Å². The van der Waals surface area contributed by atoms with E-state index in [2.05, 4.69) is 24.0 Å². The molecule has 1 aliphatic rings. The molecule has 6 nitrogen and oxygen atoms in total. The van der Waals surface area contributed by atoms with Crippen LogP contribution in [0.2, 0.25) is 0 Å². The molecule has 1 aliphatic heterocycles. The summed E-state index contributed by atoms with van der Waals surface area (Å²) < 4.78 is 0. The van der Waals surface area contributed by atoms with Crippen molar-refractivity contribution in [2.24, 2.45) is 0 Å². The van der Waals surface area contributed by atoms with Crippen LogP contribution >= 0.6 is 0 Å². The maximum Gasteiger partial charge on any atom is 0.303 e. The van der Waals surface area contributed by atoms with Crippen molar-refractivity contribution in [3.63, 3.8) is 0 Å². The number of carbonyl (C=O) groups is 1. The largest absolute Gasteiger partial charge is 0.481 e. The van der Waals surface area contributed by atoms with Crippen molar-refractivity contribution < 1.29 is 29.8 Å². The first-order valence-corrected chi connectivity index (χ1v) is 10.2. The minimum atomic E-state index is -0.750. The average molecular weight is 373 g/mol. The average Bonchev–Trinajstić information content (AvgIpc) is 3.09. The van der Waals surface area contributed by atoms with Crippen LogP contribution in [-0.4, -0.2) is 34.6 Å². The lowest BCUT2D eigenvalue weighted by molar-refractivity contribution is -0.351. The van der Waals surface area contributed by atoms with Gasteiger partial charge in [0.15, 0.2) is 0 Å². The van der Waals surface area contributed by atoms with E-state index in [0.29, 0.717) is 12.8 Å². The summed E-state index contributed by atoms with van der Waals surface area (Å²) in [5.74, 6) is -0.750. The van der Waals surface area contributed by atoms with Crippen LogP contribution in [0.4, 0.5) is 0 Å². The standard InChI is InChI=1S/C20H36O6/c1-2-3-4-5-6-7-10-13-17-16-19(26-25-17)18(24-23)14-11-8-9-12-15-20(21)22/h6-7,17-19,23H,2-5,8-16H2,1H3,(H,21,22)/b7-6-/t17?,18-,19?/m1/s1. The Bertz CT molecular complexity index is 384. The van der Waals surface area contributed by atoms with Crippen molar-refractivity contribution in [2.45, 2.75) is 109 Å². The molecule has 3 atom stereocenters. The molecular weight excluding hydrogens is 336 g/mol. The normalized spacial score (nSPS) is 21.5. The number of allylic oxidation sites excluding steroid dienone is 2. The Kier molecular flexibility index (Phi) is 13.4. The van der Waals surface area contributed by atoms with E-state index in [9.17, 15) is 4.79 Å². The van der Waals surface area contributed by atoms with Gasteiger partial charge in [-0.2, -0.15) is 0 Å². The third-order valence-corrected chi connectivity index (χ3v) is 4.79. The summed E-state index contributed by atoms with van der Waals surface area (Å²) in [7, 11) is 0. The third-order valence-electron chi connectivity index (χ3n) is 4.79. The quantitative estimate of drug-likeness (QED) is 0.166. The maximum absolute atomic E-state index is 10.5. The van der Waals surface area contributed by atoms with Gasteiger partial charge in [-0.15, -0.1) is 0 Å². The summed E-state index contributed by atoms with van der Waals surface area (Å²) in [6, 6.07) is 0. The SMILES string of the molecule is CCCCC/C=C\CCC1CC([C@@H](CCCCCCC(=O)O)OO)OO1. The zero-order chi connectivity index (χ0) is 19.0. The molecule has 0 bridgehead atoms. The fourth-order valence-corrected chi connectivity index (χ4v) is 3.18. The van der Waals surface area contributed by atoms with Gasteiger partial charge in [-0.25, -0.2) is 14.7 Å². The van der Waals surface area contributed by atoms with E-state index in [1.165, 1.54) is 19.3 Å². The zero-order valence-electron chi connectivity index (χ0n) is 16.1. The molecule has 1 saturated heterocycles. The number of unbranched alkanes of at least 4 members (excludes halogenated alkanes) is 6. The van der Waals surface area contributed by atoms with Crippen LogP contribution in [0.15, 0.2) is 12.2 Å². The van der Waals surface area contributed by atoms with E-state index >= 15 is 0 Å². The fraction of sp³-hybridized carbons (Fsp3) is 0.850. The van der Waals surface area contributed by atoms with Crippen LogP contribution < -0.4 is 0 Å². The van der Waals surface area contributed by atoms with Crippen LogP contribution in [0.25, 0.3) is 0 Å². The van der Waals surface area contributed by atoms with Gasteiger partial charge in [0.25, 0.3) is 0 Å². The van der Waals surface area contributed by atoms with E-state index in [0.717, 1.165) is 44.9 Å². The number of carboxylic acids is 1.